The van der Waals surface area contributed by atoms with Gasteiger partial charge in [-0.3, -0.25) is 9.59 Å². The predicted octanol–water partition coefficient (Wildman–Crippen LogP) is 8.04. The molecule has 0 bridgehead atoms. The number of halogens is 1. The molecule has 0 aliphatic carbocycles. The van der Waals surface area contributed by atoms with Crippen LogP contribution in [0.4, 0.5) is 11.6 Å². The van der Waals surface area contributed by atoms with Crippen LogP contribution in [0.15, 0.2) is 51.7 Å². The van der Waals surface area contributed by atoms with E-state index >= 15 is 0 Å². The molecule has 252 valence electrons. The number of nitrogens with one attached hydrogen (secondary N) is 1. The number of piperidine rings is 1. The quantitative estimate of drug-likeness (QED) is 0.120. The van der Waals surface area contributed by atoms with Crippen LogP contribution < -0.4 is 21.1 Å². The number of benzene rings is 2. The van der Waals surface area contributed by atoms with Crippen molar-refractivity contribution in [3.8, 4) is 11.3 Å². The molecule has 4 heterocycles. The van der Waals surface area contributed by atoms with E-state index in [4.69, 9.17) is 25.3 Å². The zero-order valence-electron chi connectivity index (χ0n) is 29.4. The van der Waals surface area contributed by atoms with Crippen molar-refractivity contribution in [1.82, 2.24) is 4.98 Å². The molecule has 1 N–H and O–H groups in total. The summed E-state index contributed by atoms with van der Waals surface area (Å²) in [5.74, 6) is 0.651. The van der Waals surface area contributed by atoms with Crippen molar-refractivity contribution in [2.75, 3.05) is 23.3 Å². The summed E-state index contributed by atoms with van der Waals surface area (Å²) in [6, 6.07) is 12.8. The highest BCUT2D eigenvalue weighted by atomic mass is 35.5. The maximum atomic E-state index is 13.8. The third-order valence-electron chi connectivity index (χ3n) is 10.5. The molecule has 0 amide bonds. The van der Waals surface area contributed by atoms with Crippen molar-refractivity contribution >= 4 is 53.0 Å². The van der Waals surface area contributed by atoms with E-state index in [0.29, 0.717) is 49.9 Å². The van der Waals surface area contributed by atoms with Crippen molar-refractivity contribution in [1.29, 1.82) is 0 Å². The smallest absolute Gasteiger partial charge is 0.440 e. The number of hydrogen-bond donors (Lipinski definition) is 1. The Hall–Kier alpha value is -3.66. The third kappa shape index (κ3) is 6.28. The molecule has 2 aromatic heterocycles. The van der Waals surface area contributed by atoms with E-state index in [9.17, 15) is 9.59 Å². The average Bonchev–Trinajstić information content (AvgIpc) is 3.25. The summed E-state index contributed by atoms with van der Waals surface area (Å²) in [6.45, 7) is 20.1. The van der Waals surface area contributed by atoms with E-state index in [2.05, 4.69) is 35.1 Å². The molecule has 0 radical (unpaired) electrons. The normalized spacial score (nSPS) is 19.0. The molecule has 48 heavy (non-hydrogen) atoms. The van der Waals surface area contributed by atoms with Crippen LogP contribution in [0.3, 0.4) is 0 Å². The van der Waals surface area contributed by atoms with Crippen molar-refractivity contribution in [3.05, 3.63) is 80.1 Å². The number of aryl methyl sites for hydroxylation is 1. The van der Waals surface area contributed by atoms with Crippen LogP contribution in [-0.2, 0) is 9.31 Å². The number of aldehydes is 1. The molecule has 2 fully saturated rings. The fourth-order valence-electron chi connectivity index (χ4n) is 6.59. The largest absolute Gasteiger partial charge is 0.495 e. The van der Waals surface area contributed by atoms with Crippen LogP contribution in [-0.4, -0.2) is 42.7 Å². The third-order valence-corrected chi connectivity index (χ3v) is 10.7. The number of carbonyl (C=O) groups excluding carboxylic acids is 1. The predicted molar refractivity (Wildman–Crippen MR) is 195 cm³/mol. The second kappa shape index (κ2) is 12.3. The Balaban J connectivity index is 1.37. The van der Waals surface area contributed by atoms with Crippen LogP contribution in [0.2, 0.25) is 5.15 Å². The van der Waals surface area contributed by atoms with Gasteiger partial charge in [0.05, 0.1) is 39.6 Å². The highest BCUT2D eigenvalue weighted by Gasteiger charge is 2.52. The summed E-state index contributed by atoms with van der Waals surface area (Å²) in [6.07, 6.45) is 2.87. The number of carbonyl (C=O) groups is 1. The average molecular weight is 670 g/mol. The summed E-state index contributed by atoms with van der Waals surface area (Å²) in [5, 5.41) is 4.50. The number of fused-ring (bicyclic) bond motifs is 1. The van der Waals surface area contributed by atoms with Crippen molar-refractivity contribution in [2.24, 2.45) is 5.41 Å². The standard InChI is InChI=1S/C38H45BClN3O5/c1-22-18-27(34-28(19-22)33(45)23(2)35(46-34)43-16-14-36(4,5)15-17-43)24(3)41-30-12-13-31(40)42-32(30)25-10-11-29(26(20-25)21-44)39-47-37(6,7)38(8,9)48-39/h10-13,18-21,24,41H,14-17H2,1-9H3/t24-/m1/s1. The molecule has 2 saturated heterocycles. The van der Waals surface area contributed by atoms with Crippen LogP contribution in [0.5, 0.6) is 0 Å². The van der Waals surface area contributed by atoms with Crippen molar-refractivity contribution < 1.29 is 18.5 Å². The molecule has 8 nitrogen and oxygen atoms in total. The molecule has 10 heteroatoms. The van der Waals surface area contributed by atoms with E-state index in [1.54, 1.807) is 12.1 Å². The van der Waals surface area contributed by atoms with Crippen LogP contribution in [0.1, 0.15) is 94.4 Å². The van der Waals surface area contributed by atoms with Crippen LogP contribution in [0.25, 0.3) is 22.2 Å². The summed E-state index contributed by atoms with van der Waals surface area (Å²) in [7, 11) is -0.677. The summed E-state index contributed by atoms with van der Waals surface area (Å²) in [4.78, 5) is 33.0. The number of anilines is 2. The molecule has 2 aliphatic rings. The first-order valence-corrected chi connectivity index (χ1v) is 17.1. The second-order valence-electron chi connectivity index (χ2n) is 15.2. The van der Waals surface area contributed by atoms with E-state index < -0.39 is 18.3 Å². The lowest BCUT2D eigenvalue weighted by Crippen LogP contribution is -2.41. The zero-order chi connectivity index (χ0) is 34.8. The van der Waals surface area contributed by atoms with Crippen LogP contribution >= 0.6 is 11.6 Å². The summed E-state index contributed by atoms with van der Waals surface area (Å²) in [5.41, 5.74) is 5.34. The Morgan fingerprint density at radius 3 is 2.29 bits per heavy atom. The van der Waals surface area contributed by atoms with Gasteiger partial charge in [0, 0.05) is 29.8 Å². The van der Waals surface area contributed by atoms with Gasteiger partial charge in [0.2, 0.25) is 5.88 Å². The first kappa shape index (κ1) is 34.2. The van der Waals surface area contributed by atoms with Gasteiger partial charge < -0.3 is 23.9 Å². The Labute approximate surface area is 288 Å². The maximum Gasteiger partial charge on any atom is 0.495 e. The zero-order valence-corrected chi connectivity index (χ0v) is 30.2. The molecular weight excluding hydrogens is 625 g/mol. The Bertz CT molecular complexity index is 1940. The maximum absolute atomic E-state index is 13.8. The van der Waals surface area contributed by atoms with Gasteiger partial charge in [-0.1, -0.05) is 43.6 Å². The minimum atomic E-state index is -0.677. The number of rotatable bonds is 7. The van der Waals surface area contributed by atoms with Crippen molar-refractivity contribution in [3.63, 3.8) is 0 Å². The Morgan fingerprint density at radius 2 is 1.65 bits per heavy atom. The monoisotopic (exact) mass is 669 g/mol. The van der Waals surface area contributed by atoms with Gasteiger partial charge in [-0.2, -0.15) is 0 Å². The van der Waals surface area contributed by atoms with Gasteiger partial charge >= 0.3 is 7.12 Å². The lowest BCUT2D eigenvalue weighted by Gasteiger charge is -2.37. The molecule has 0 spiro atoms. The second-order valence-corrected chi connectivity index (χ2v) is 15.6. The molecular formula is C38H45BClN3O5. The molecule has 2 aliphatic heterocycles. The van der Waals surface area contributed by atoms with Crippen molar-refractivity contribution in [2.45, 2.75) is 92.4 Å². The lowest BCUT2D eigenvalue weighted by atomic mass is 9.75. The van der Waals surface area contributed by atoms with Gasteiger partial charge in [0.1, 0.15) is 17.0 Å². The number of nitrogens with zero attached hydrogens (tertiary/aromatic N) is 2. The minimum Gasteiger partial charge on any atom is -0.440 e. The summed E-state index contributed by atoms with van der Waals surface area (Å²) >= 11 is 6.43. The van der Waals surface area contributed by atoms with E-state index in [1.807, 2.05) is 72.7 Å². The van der Waals surface area contributed by atoms with Gasteiger partial charge in [-0.05, 0) is 102 Å². The van der Waals surface area contributed by atoms with Crippen LogP contribution in [0, 0.1) is 19.3 Å². The SMILES string of the molecule is Cc1cc([C@@H](C)Nc2ccc(Cl)nc2-c2ccc(B3OC(C)(C)C(C)(C)O3)c(C=O)c2)c2oc(N3CCC(C)(C)CC3)c(C)c(=O)c2c1. The minimum absolute atomic E-state index is 0.00874. The van der Waals surface area contributed by atoms with E-state index in [-0.39, 0.29) is 16.9 Å². The molecule has 6 rings (SSSR count). The van der Waals surface area contributed by atoms with Gasteiger partial charge in [0.15, 0.2) is 5.43 Å². The van der Waals surface area contributed by atoms with Gasteiger partial charge in [-0.15, -0.1) is 0 Å². The topological polar surface area (TPSA) is 93.9 Å². The summed E-state index contributed by atoms with van der Waals surface area (Å²) < 4.78 is 19.1. The highest BCUT2D eigenvalue weighted by molar-refractivity contribution is 6.63. The first-order valence-electron chi connectivity index (χ1n) is 16.7. The first-order chi connectivity index (χ1) is 22.5. The molecule has 0 unspecified atom stereocenters. The molecule has 4 aromatic rings. The molecule has 1 atom stereocenters. The highest BCUT2D eigenvalue weighted by Crippen LogP contribution is 2.39. The van der Waals surface area contributed by atoms with E-state index in [1.165, 1.54) is 0 Å². The fraction of sp³-hybridized carbons (Fsp3) is 0.447. The number of aromatic nitrogens is 1. The van der Waals surface area contributed by atoms with Gasteiger partial charge in [0.25, 0.3) is 0 Å². The Kier molecular flexibility index (Phi) is 8.80. The number of pyridine rings is 1. The van der Waals surface area contributed by atoms with E-state index in [0.717, 1.165) is 49.0 Å². The fourth-order valence-corrected chi connectivity index (χ4v) is 6.73. The number of hydrogen-bond acceptors (Lipinski definition) is 8. The molecule has 2 aromatic carbocycles. The molecule has 0 saturated carbocycles. The lowest BCUT2D eigenvalue weighted by molar-refractivity contribution is 0.00578. The van der Waals surface area contributed by atoms with Gasteiger partial charge in [-0.25, -0.2) is 4.98 Å². The Morgan fingerprint density at radius 1 is 0.979 bits per heavy atom.